The lowest BCUT2D eigenvalue weighted by Crippen LogP contribution is -2.45. The molecule has 3 N–H and O–H groups in total. The van der Waals surface area contributed by atoms with Gasteiger partial charge in [0.2, 0.25) is 0 Å². The maximum Gasteiger partial charge on any atom is 0.123 e. The van der Waals surface area contributed by atoms with Crippen molar-refractivity contribution in [2.45, 2.75) is 25.3 Å². The van der Waals surface area contributed by atoms with Gasteiger partial charge in [0.1, 0.15) is 5.82 Å². The standard InChI is InChI=1S/C10H18N4/c1-10(11,8-3-4-8)7-12-9-5-6-13-14(9)2/h5-6,8,12H,3-4,7,11H2,1-2H3. The molecule has 0 amide bonds. The lowest BCUT2D eigenvalue weighted by molar-refractivity contribution is 0.430. The molecule has 1 aliphatic carbocycles. The number of nitrogens with one attached hydrogen (secondary N) is 1. The molecule has 14 heavy (non-hydrogen) atoms. The summed E-state index contributed by atoms with van der Waals surface area (Å²) in [6, 6.07) is 1.96. The second-order valence-electron chi connectivity index (χ2n) is 4.47. The molecular formula is C10H18N4. The van der Waals surface area contributed by atoms with E-state index in [9.17, 15) is 0 Å². The van der Waals surface area contributed by atoms with Crippen molar-refractivity contribution < 1.29 is 0 Å². The number of aromatic nitrogens is 2. The van der Waals surface area contributed by atoms with E-state index in [-0.39, 0.29) is 5.54 Å². The molecule has 0 bridgehead atoms. The van der Waals surface area contributed by atoms with E-state index in [2.05, 4.69) is 17.3 Å². The van der Waals surface area contributed by atoms with Crippen molar-refractivity contribution in [3.63, 3.8) is 0 Å². The Labute approximate surface area is 84.5 Å². The van der Waals surface area contributed by atoms with Gasteiger partial charge in [-0.05, 0) is 25.7 Å². The van der Waals surface area contributed by atoms with Crippen LogP contribution in [-0.2, 0) is 7.05 Å². The van der Waals surface area contributed by atoms with Gasteiger partial charge in [0.25, 0.3) is 0 Å². The van der Waals surface area contributed by atoms with E-state index in [4.69, 9.17) is 5.73 Å². The number of nitrogens with two attached hydrogens (primary N) is 1. The Morgan fingerprint density at radius 1 is 1.71 bits per heavy atom. The molecule has 4 heteroatoms. The Morgan fingerprint density at radius 2 is 2.43 bits per heavy atom. The third-order valence-electron chi connectivity index (χ3n) is 2.98. The van der Waals surface area contributed by atoms with E-state index in [1.165, 1.54) is 12.8 Å². The van der Waals surface area contributed by atoms with Crippen LogP contribution in [-0.4, -0.2) is 21.9 Å². The Balaban J connectivity index is 1.90. The molecule has 0 saturated heterocycles. The summed E-state index contributed by atoms with van der Waals surface area (Å²) in [5.74, 6) is 1.73. The summed E-state index contributed by atoms with van der Waals surface area (Å²) >= 11 is 0. The summed E-state index contributed by atoms with van der Waals surface area (Å²) in [6.07, 6.45) is 4.34. The Hall–Kier alpha value is -1.03. The molecule has 4 nitrogen and oxygen atoms in total. The fourth-order valence-electron chi connectivity index (χ4n) is 1.72. The minimum absolute atomic E-state index is 0.0791. The number of rotatable bonds is 4. The minimum atomic E-state index is -0.0791. The van der Waals surface area contributed by atoms with Crippen molar-refractivity contribution in [3.8, 4) is 0 Å². The maximum absolute atomic E-state index is 6.20. The predicted molar refractivity (Wildman–Crippen MR) is 57.0 cm³/mol. The first kappa shape index (κ1) is 9.52. The second-order valence-corrected chi connectivity index (χ2v) is 4.47. The molecule has 1 fully saturated rings. The first-order chi connectivity index (χ1) is 6.59. The fraction of sp³-hybridized carbons (Fsp3) is 0.700. The topological polar surface area (TPSA) is 55.9 Å². The average molecular weight is 194 g/mol. The maximum atomic E-state index is 6.20. The number of hydrogen-bond acceptors (Lipinski definition) is 3. The van der Waals surface area contributed by atoms with Crippen LogP contribution in [0.1, 0.15) is 19.8 Å². The zero-order valence-corrected chi connectivity index (χ0v) is 8.83. The number of hydrogen-bond donors (Lipinski definition) is 2. The smallest absolute Gasteiger partial charge is 0.123 e. The number of nitrogens with zero attached hydrogens (tertiary/aromatic N) is 2. The lowest BCUT2D eigenvalue weighted by Gasteiger charge is -2.25. The van der Waals surface area contributed by atoms with Crippen LogP contribution in [0.2, 0.25) is 0 Å². The summed E-state index contributed by atoms with van der Waals surface area (Å²) in [4.78, 5) is 0. The van der Waals surface area contributed by atoms with Gasteiger partial charge >= 0.3 is 0 Å². The van der Waals surface area contributed by atoms with Gasteiger partial charge in [-0.15, -0.1) is 0 Å². The molecule has 2 rings (SSSR count). The van der Waals surface area contributed by atoms with E-state index in [1.54, 1.807) is 6.20 Å². The highest BCUT2D eigenvalue weighted by atomic mass is 15.3. The van der Waals surface area contributed by atoms with Crippen LogP contribution in [0.4, 0.5) is 5.82 Å². The van der Waals surface area contributed by atoms with Crippen LogP contribution in [0.15, 0.2) is 12.3 Å². The average Bonchev–Trinajstić information content (AvgIpc) is 2.89. The van der Waals surface area contributed by atoms with Gasteiger partial charge < -0.3 is 11.1 Å². The third-order valence-corrected chi connectivity index (χ3v) is 2.98. The normalized spacial score (nSPS) is 20.5. The van der Waals surface area contributed by atoms with Crippen molar-refractivity contribution in [1.29, 1.82) is 0 Å². The van der Waals surface area contributed by atoms with Gasteiger partial charge in [0.05, 0.1) is 6.20 Å². The Kier molecular flexibility index (Phi) is 2.23. The van der Waals surface area contributed by atoms with E-state index in [0.29, 0.717) is 5.92 Å². The molecule has 0 aliphatic heterocycles. The van der Waals surface area contributed by atoms with Crippen LogP contribution in [0.3, 0.4) is 0 Å². The lowest BCUT2D eigenvalue weighted by atomic mass is 9.97. The summed E-state index contributed by atoms with van der Waals surface area (Å²) in [6.45, 7) is 2.94. The Bertz CT molecular complexity index is 312. The molecule has 0 radical (unpaired) electrons. The summed E-state index contributed by atoms with van der Waals surface area (Å²) in [7, 11) is 1.92. The SMILES string of the molecule is Cn1nccc1NCC(C)(N)C1CC1. The minimum Gasteiger partial charge on any atom is -0.368 e. The van der Waals surface area contributed by atoms with Crippen molar-refractivity contribution in [3.05, 3.63) is 12.3 Å². The monoisotopic (exact) mass is 194 g/mol. The van der Waals surface area contributed by atoms with Crippen molar-refractivity contribution in [1.82, 2.24) is 9.78 Å². The number of anilines is 1. The van der Waals surface area contributed by atoms with Crippen LogP contribution in [0.5, 0.6) is 0 Å². The van der Waals surface area contributed by atoms with Gasteiger partial charge in [-0.1, -0.05) is 0 Å². The van der Waals surface area contributed by atoms with Crippen molar-refractivity contribution >= 4 is 5.82 Å². The third kappa shape index (κ3) is 1.90. The summed E-state index contributed by atoms with van der Waals surface area (Å²) in [5.41, 5.74) is 6.12. The quantitative estimate of drug-likeness (QED) is 0.750. The van der Waals surface area contributed by atoms with Crippen LogP contribution < -0.4 is 11.1 Å². The highest BCUT2D eigenvalue weighted by Crippen LogP contribution is 2.37. The van der Waals surface area contributed by atoms with Crippen molar-refractivity contribution in [2.24, 2.45) is 18.7 Å². The van der Waals surface area contributed by atoms with E-state index >= 15 is 0 Å². The van der Waals surface area contributed by atoms with Gasteiger partial charge in [-0.3, -0.25) is 4.68 Å². The van der Waals surface area contributed by atoms with E-state index in [1.807, 2.05) is 17.8 Å². The van der Waals surface area contributed by atoms with Gasteiger partial charge in [-0.25, -0.2) is 0 Å². The molecule has 1 unspecified atom stereocenters. The molecular weight excluding hydrogens is 176 g/mol. The largest absolute Gasteiger partial charge is 0.368 e. The number of aryl methyl sites for hydroxylation is 1. The highest BCUT2D eigenvalue weighted by Gasteiger charge is 2.38. The zero-order valence-electron chi connectivity index (χ0n) is 8.83. The van der Waals surface area contributed by atoms with Crippen LogP contribution in [0, 0.1) is 5.92 Å². The fourth-order valence-corrected chi connectivity index (χ4v) is 1.72. The first-order valence-corrected chi connectivity index (χ1v) is 5.10. The molecule has 1 aromatic heterocycles. The molecule has 1 aromatic rings. The second kappa shape index (κ2) is 3.28. The van der Waals surface area contributed by atoms with E-state index in [0.717, 1.165) is 12.4 Å². The van der Waals surface area contributed by atoms with Crippen LogP contribution in [0.25, 0.3) is 0 Å². The van der Waals surface area contributed by atoms with Gasteiger partial charge in [0, 0.05) is 25.2 Å². The van der Waals surface area contributed by atoms with Gasteiger partial charge in [0.15, 0.2) is 0 Å². The molecule has 1 aliphatic rings. The molecule has 1 heterocycles. The predicted octanol–water partition coefficient (Wildman–Crippen LogP) is 0.959. The first-order valence-electron chi connectivity index (χ1n) is 5.10. The molecule has 78 valence electrons. The molecule has 1 atom stereocenters. The van der Waals surface area contributed by atoms with Crippen LogP contribution >= 0.6 is 0 Å². The summed E-state index contributed by atoms with van der Waals surface area (Å²) < 4.78 is 1.82. The molecule has 0 aromatic carbocycles. The summed E-state index contributed by atoms with van der Waals surface area (Å²) in [5, 5.41) is 7.42. The Morgan fingerprint density at radius 3 is 2.93 bits per heavy atom. The zero-order chi connectivity index (χ0) is 10.2. The van der Waals surface area contributed by atoms with Crippen molar-refractivity contribution in [2.75, 3.05) is 11.9 Å². The van der Waals surface area contributed by atoms with E-state index < -0.39 is 0 Å². The van der Waals surface area contributed by atoms with Gasteiger partial charge in [-0.2, -0.15) is 5.10 Å². The molecule has 1 saturated carbocycles. The highest BCUT2D eigenvalue weighted by molar-refractivity contribution is 5.34. The molecule has 0 spiro atoms.